The summed E-state index contributed by atoms with van der Waals surface area (Å²) in [5.41, 5.74) is 1.03. The highest BCUT2D eigenvalue weighted by molar-refractivity contribution is 6.41. The summed E-state index contributed by atoms with van der Waals surface area (Å²) in [5.74, 6) is 2.83. The number of carbonyl (C=O) groups excluding carboxylic acids is 1. The number of carbonyl (C=O) groups is 1. The van der Waals surface area contributed by atoms with E-state index in [0.29, 0.717) is 59.2 Å². The number of nitrogens with zero attached hydrogens (tertiary/aromatic N) is 4. The van der Waals surface area contributed by atoms with E-state index in [4.69, 9.17) is 47.4 Å². The zero-order valence-electron chi connectivity index (χ0n) is 22.0. The first-order valence-corrected chi connectivity index (χ1v) is 13.4. The zero-order valence-corrected chi connectivity index (χ0v) is 23.5. The summed E-state index contributed by atoms with van der Waals surface area (Å²) in [6, 6.07) is 3.26. The molecule has 206 valence electrons. The van der Waals surface area contributed by atoms with Gasteiger partial charge in [-0.3, -0.25) is 4.79 Å². The van der Waals surface area contributed by atoms with Gasteiger partial charge in [-0.15, -0.1) is 0 Å². The number of nitrogens with one attached hydrogen (secondary N) is 2. The molecule has 1 aliphatic heterocycles. The molecule has 2 fully saturated rings. The summed E-state index contributed by atoms with van der Waals surface area (Å²) in [5, 5.41) is 7.80. The Morgan fingerprint density at radius 2 is 1.90 bits per heavy atom. The number of methoxy groups -OCH3 is 2. The molecule has 2 aliphatic rings. The molecule has 3 aromatic rings. The van der Waals surface area contributed by atoms with E-state index in [9.17, 15) is 4.79 Å². The van der Waals surface area contributed by atoms with E-state index in [2.05, 4.69) is 22.2 Å². The topological polar surface area (TPSA) is 111 Å². The van der Waals surface area contributed by atoms with Crippen molar-refractivity contribution in [3.63, 3.8) is 0 Å². The minimum atomic E-state index is -0.241. The number of hydrogen-bond donors (Lipinski definition) is 2. The fourth-order valence-corrected chi connectivity index (χ4v) is 5.25. The number of rotatable bonds is 10. The largest absolute Gasteiger partial charge is 0.495 e. The van der Waals surface area contributed by atoms with Crippen molar-refractivity contribution in [3.05, 3.63) is 41.0 Å². The molecule has 10 nitrogen and oxygen atoms in total. The number of hydrogen-bond acceptors (Lipinski definition) is 9. The van der Waals surface area contributed by atoms with Gasteiger partial charge in [-0.25, -0.2) is 15.0 Å². The normalized spacial score (nSPS) is 18.6. The molecule has 2 N–H and O–H groups in total. The molecule has 0 unspecified atom stereocenters. The van der Waals surface area contributed by atoms with E-state index in [1.54, 1.807) is 12.3 Å². The van der Waals surface area contributed by atoms with Crippen LogP contribution in [0.4, 0.5) is 11.6 Å². The van der Waals surface area contributed by atoms with Crippen molar-refractivity contribution in [1.29, 1.82) is 0 Å². The molecule has 1 aliphatic carbocycles. The third kappa shape index (κ3) is 5.54. The van der Waals surface area contributed by atoms with Crippen LogP contribution in [0.5, 0.6) is 11.5 Å². The number of likely N-dealkylation sites (N-methyl/N-ethyl adjacent to an activating group) is 1. The molecule has 2 atom stereocenters. The van der Waals surface area contributed by atoms with Crippen LogP contribution in [-0.2, 0) is 9.53 Å². The van der Waals surface area contributed by atoms with Gasteiger partial charge in [0.25, 0.3) is 0 Å². The Balaban J connectivity index is 1.57. The number of fused-ring (bicyclic) bond motifs is 1. The van der Waals surface area contributed by atoms with Gasteiger partial charge in [0.2, 0.25) is 5.91 Å². The van der Waals surface area contributed by atoms with Crippen LogP contribution in [0.2, 0.25) is 10.0 Å². The second kappa shape index (κ2) is 11.4. The number of amides is 1. The van der Waals surface area contributed by atoms with Gasteiger partial charge < -0.3 is 29.7 Å². The molecule has 1 saturated carbocycles. The summed E-state index contributed by atoms with van der Waals surface area (Å²) in [6.07, 6.45) is 5.32. The molecule has 39 heavy (non-hydrogen) atoms. The predicted molar refractivity (Wildman–Crippen MR) is 152 cm³/mol. The molecule has 5 rings (SSSR count). The van der Waals surface area contributed by atoms with Gasteiger partial charge in [0, 0.05) is 25.0 Å². The molecule has 3 heterocycles. The quantitative estimate of drug-likeness (QED) is 0.342. The van der Waals surface area contributed by atoms with Crippen molar-refractivity contribution >= 4 is 51.6 Å². The van der Waals surface area contributed by atoms with Crippen molar-refractivity contribution in [1.82, 2.24) is 20.3 Å². The van der Waals surface area contributed by atoms with Crippen LogP contribution >= 0.6 is 23.2 Å². The van der Waals surface area contributed by atoms with Crippen molar-refractivity contribution in [3.8, 4) is 22.9 Å². The first-order valence-electron chi connectivity index (χ1n) is 12.6. The lowest BCUT2D eigenvalue weighted by molar-refractivity contribution is -0.117. The van der Waals surface area contributed by atoms with Gasteiger partial charge >= 0.3 is 0 Å². The van der Waals surface area contributed by atoms with Crippen molar-refractivity contribution in [2.24, 2.45) is 5.92 Å². The fraction of sp³-hybridized carbons (Fsp3) is 0.407. The average molecular weight is 573 g/mol. The number of halogens is 2. The summed E-state index contributed by atoms with van der Waals surface area (Å²) in [7, 11) is 4.97. The van der Waals surface area contributed by atoms with Gasteiger partial charge in [-0.1, -0.05) is 29.8 Å². The lowest BCUT2D eigenvalue weighted by Gasteiger charge is -2.29. The van der Waals surface area contributed by atoms with Crippen LogP contribution < -0.4 is 25.0 Å². The lowest BCUT2D eigenvalue weighted by Crippen LogP contribution is -2.49. The van der Waals surface area contributed by atoms with Crippen molar-refractivity contribution in [2.45, 2.75) is 24.9 Å². The number of benzene rings is 1. The molecular formula is C27H30Cl2N6O4. The van der Waals surface area contributed by atoms with E-state index in [-0.39, 0.29) is 28.0 Å². The maximum absolute atomic E-state index is 11.9. The van der Waals surface area contributed by atoms with Gasteiger partial charge in [0.05, 0.1) is 66.8 Å². The van der Waals surface area contributed by atoms with E-state index in [1.165, 1.54) is 33.1 Å². The second-order valence-electron chi connectivity index (χ2n) is 9.60. The van der Waals surface area contributed by atoms with Gasteiger partial charge in [-0.2, -0.15) is 0 Å². The van der Waals surface area contributed by atoms with E-state index >= 15 is 0 Å². The number of anilines is 2. The molecule has 1 amide bonds. The van der Waals surface area contributed by atoms with Crippen LogP contribution in [0.1, 0.15) is 12.8 Å². The lowest BCUT2D eigenvalue weighted by atomic mass is 10.1. The Bertz CT molecular complexity index is 1390. The molecule has 2 aromatic heterocycles. The maximum atomic E-state index is 11.9. The first-order chi connectivity index (χ1) is 18.8. The number of aromatic nitrogens is 3. The summed E-state index contributed by atoms with van der Waals surface area (Å²) < 4.78 is 16.5. The summed E-state index contributed by atoms with van der Waals surface area (Å²) >= 11 is 13.4. The van der Waals surface area contributed by atoms with Crippen LogP contribution in [0.25, 0.3) is 22.3 Å². The minimum Gasteiger partial charge on any atom is -0.495 e. The third-order valence-electron chi connectivity index (χ3n) is 7.04. The van der Waals surface area contributed by atoms with Crippen LogP contribution in [0.15, 0.2) is 31.0 Å². The molecule has 12 heteroatoms. The standard InChI is InChI=1S/C27H30Cl2N6O4/c1-5-22(36)32-17-12-39-13-18(17)35(2)21-8-15-16(11-30-21)33-27(34-26(15)31-10-14-6-7-14)23-24(28)19(37-3)9-20(38-4)25(23)29/h5,8-9,11,14,17-18H,1,6-7,10,12-13H2,2-4H3,(H,32,36)(H,31,33,34)/t17-,18+/m0/s1. The molecule has 0 bridgehead atoms. The summed E-state index contributed by atoms with van der Waals surface area (Å²) in [4.78, 5) is 28.3. The third-order valence-corrected chi connectivity index (χ3v) is 7.79. The fourth-order valence-electron chi connectivity index (χ4n) is 4.58. The number of ether oxygens (including phenoxy) is 3. The van der Waals surface area contributed by atoms with Crippen molar-refractivity contribution in [2.75, 3.05) is 51.2 Å². The van der Waals surface area contributed by atoms with Gasteiger partial charge in [-0.05, 0) is 30.9 Å². The van der Waals surface area contributed by atoms with E-state index in [0.717, 1.165) is 11.9 Å². The molecule has 0 spiro atoms. The Kier molecular flexibility index (Phi) is 7.97. The predicted octanol–water partition coefficient (Wildman–Crippen LogP) is 4.34. The highest BCUT2D eigenvalue weighted by atomic mass is 35.5. The van der Waals surface area contributed by atoms with Crippen LogP contribution in [0.3, 0.4) is 0 Å². The van der Waals surface area contributed by atoms with Crippen LogP contribution in [-0.4, -0.2) is 74.0 Å². The van der Waals surface area contributed by atoms with E-state index in [1.807, 2.05) is 18.0 Å². The smallest absolute Gasteiger partial charge is 0.243 e. The SMILES string of the molecule is C=CC(=O)N[C@H]1COC[C@H]1N(C)c1cc2c(NCC3CC3)nc(-c3c(Cl)c(OC)cc(OC)c3Cl)nc2cn1. The summed E-state index contributed by atoms with van der Waals surface area (Å²) in [6.45, 7) is 5.19. The average Bonchev–Trinajstić information content (AvgIpc) is 3.67. The maximum Gasteiger partial charge on any atom is 0.243 e. The molecule has 1 saturated heterocycles. The Morgan fingerprint density at radius 3 is 2.54 bits per heavy atom. The molecular weight excluding hydrogens is 543 g/mol. The Hall–Kier alpha value is -3.34. The minimum absolute atomic E-state index is 0.108. The van der Waals surface area contributed by atoms with Crippen molar-refractivity contribution < 1.29 is 19.0 Å². The van der Waals surface area contributed by atoms with Crippen LogP contribution in [0, 0.1) is 5.92 Å². The van der Waals surface area contributed by atoms with E-state index < -0.39 is 0 Å². The Labute approximate surface area is 236 Å². The van der Waals surface area contributed by atoms with Gasteiger partial charge in [0.1, 0.15) is 23.1 Å². The first kappa shape index (κ1) is 27.2. The molecule has 1 aromatic carbocycles. The van der Waals surface area contributed by atoms with Gasteiger partial charge in [0.15, 0.2) is 5.82 Å². The molecule has 0 radical (unpaired) electrons. The highest BCUT2D eigenvalue weighted by Gasteiger charge is 2.33. The number of pyridine rings is 1. The monoisotopic (exact) mass is 572 g/mol. The highest BCUT2D eigenvalue weighted by Crippen LogP contribution is 2.45. The Morgan fingerprint density at radius 1 is 1.18 bits per heavy atom. The zero-order chi connectivity index (χ0) is 27.7. The second-order valence-corrected chi connectivity index (χ2v) is 10.4.